The summed E-state index contributed by atoms with van der Waals surface area (Å²) in [6.07, 6.45) is 7.06. The molecule has 1 unspecified atom stereocenters. The van der Waals surface area contributed by atoms with Crippen molar-refractivity contribution in [1.82, 2.24) is 20.4 Å². The van der Waals surface area contributed by atoms with E-state index in [1.165, 1.54) is 12.8 Å². The van der Waals surface area contributed by atoms with E-state index in [2.05, 4.69) is 33.4 Å². The summed E-state index contributed by atoms with van der Waals surface area (Å²) in [7, 11) is 0. The van der Waals surface area contributed by atoms with Gasteiger partial charge in [0.25, 0.3) is 0 Å². The van der Waals surface area contributed by atoms with Gasteiger partial charge in [-0.15, -0.1) is 0 Å². The summed E-state index contributed by atoms with van der Waals surface area (Å²) in [5, 5.41) is 16.4. The zero-order chi connectivity index (χ0) is 19.6. The standard InChI is InChI=1S/C21H37N5O2/c1-2-22-21(23-10-6-11-25-14-8-18(27)9-15-25)24-17-19(20-7-5-16-28-20)26-12-3-4-13-26/h5,7,16,18-19,27H,2-4,6,8-15,17H2,1H3,(H2,22,23,24). The predicted octanol–water partition coefficient (Wildman–Crippen LogP) is 1.82. The maximum absolute atomic E-state index is 9.61. The summed E-state index contributed by atoms with van der Waals surface area (Å²) >= 11 is 0. The highest BCUT2D eigenvalue weighted by Crippen LogP contribution is 2.25. The van der Waals surface area contributed by atoms with Crippen LogP contribution in [0.4, 0.5) is 0 Å². The molecule has 158 valence electrons. The summed E-state index contributed by atoms with van der Waals surface area (Å²) in [5.41, 5.74) is 0. The summed E-state index contributed by atoms with van der Waals surface area (Å²) in [5.74, 6) is 1.89. The molecule has 2 saturated heterocycles. The summed E-state index contributed by atoms with van der Waals surface area (Å²) in [4.78, 5) is 9.78. The third-order valence-corrected chi connectivity index (χ3v) is 5.72. The molecule has 0 saturated carbocycles. The van der Waals surface area contributed by atoms with Gasteiger partial charge in [-0.25, -0.2) is 0 Å². The van der Waals surface area contributed by atoms with E-state index in [1.54, 1.807) is 6.26 Å². The predicted molar refractivity (Wildman–Crippen MR) is 113 cm³/mol. The van der Waals surface area contributed by atoms with E-state index < -0.39 is 0 Å². The molecule has 0 aliphatic carbocycles. The second kappa shape index (κ2) is 11.4. The van der Waals surface area contributed by atoms with Crippen molar-refractivity contribution in [3.8, 4) is 0 Å². The summed E-state index contributed by atoms with van der Waals surface area (Å²) < 4.78 is 5.70. The molecule has 0 aromatic carbocycles. The number of likely N-dealkylation sites (tertiary alicyclic amines) is 2. The first-order chi connectivity index (χ1) is 13.8. The van der Waals surface area contributed by atoms with E-state index in [-0.39, 0.29) is 12.1 Å². The number of piperidine rings is 1. The van der Waals surface area contributed by atoms with Crippen LogP contribution in [0.15, 0.2) is 27.8 Å². The number of guanidine groups is 1. The number of furan rings is 1. The van der Waals surface area contributed by atoms with Gasteiger partial charge in [-0.1, -0.05) is 0 Å². The Morgan fingerprint density at radius 2 is 2.04 bits per heavy atom. The average molecular weight is 392 g/mol. The minimum atomic E-state index is -0.0976. The molecule has 28 heavy (non-hydrogen) atoms. The lowest BCUT2D eigenvalue weighted by atomic mass is 10.1. The number of rotatable bonds is 9. The molecule has 2 aliphatic heterocycles. The Kier molecular flexibility index (Phi) is 8.64. The fourth-order valence-electron chi connectivity index (χ4n) is 4.09. The van der Waals surface area contributed by atoms with Crippen molar-refractivity contribution in [3.63, 3.8) is 0 Å². The highest BCUT2D eigenvalue weighted by molar-refractivity contribution is 5.79. The van der Waals surface area contributed by atoms with Gasteiger partial charge in [0.1, 0.15) is 5.76 Å². The molecule has 3 heterocycles. The van der Waals surface area contributed by atoms with E-state index in [1.807, 2.05) is 6.07 Å². The molecule has 0 amide bonds. The SMILES string of the molecule is CCNC(=NCC(c1ccco1)N1CCCC1)NCCCN1CCC(O)CC1. The van der Waals surface area contributed by atoms with Gasteiger partial charge in [0.05, 0.1) is 25.0 Å². The summed E-state index contributed by atoms with van der Waals surface area (Å²) in [6, 6.07) is 4.24. The first kappa shape index (κ1) is 21.1. The number of nitrogens with zero attached hydrogens (tertiary/aromatic N) is 3. The van der Waals surface area contributed by atoms with Crippen molar-refractivity contribution < 1.29 is 9.52 Å². The third-order valence-electron chi connectivity index (χ3n) is 5.72. The molecule has 3 N–H and O–H groups in total. The number of hydrogen-bond donors (Lipinski definition) is 3. The highest BCUT2D eigenvalue weighted by atomic mass is 16.3. The lowest BCUT2D eigenvalue weighted by molar-refractivity contribution is 0.0823. The number of aliphatic hydroxyl groups is 1. The fraction of sp³-hybridized carbons (Fsp3) is 0.762. The molecule has 0 radical (unpaired) electrons. The zero-order valence-corrected chi connectivity index (χ0v) is 17.3. The van der Waals surface area contributed by atoms with Gasteiger partial charge in [0.2, 0.25) is 0 Å². The second-order valence-corrected chi connectivity index (χ2v) is 7.85. The molecule has 7 heteroatoms. The van der Waals surface area contributed by atoms with Gasteiger partial charge in [0, 0.05) is 26.2 Å². The lowest BCUT2D eigenvalue weighted by Gasteiger charge is -2.29. The van der Waals surface area contributed by atoms with E-state index in [9.17, 15) is 5.11 Å². The van der Waals surface area contributed by atoms with Gasteiger partial charge < -0.3 is 25.1 Å². The molecule has 1 aromatic heterocycles. The van der Waals surface area contributed by atoms with Crippen LogP contribution >= 0.6 is 0 Å². The Morgan fingerprint density at radius 1 is 1.25 bits per heavy atom. The highest BCUT2D eigenvalue weighted by Gasteiger charge is 2.25. The molecule has 1 atom stereocenters. The van der Waals surface area contributed by atoms with Crippen LogP contribution in [0.2, 0.25) is 0 Å². The van der Waals surface area contributed by atoms with Gasteiger partial charge in [-0.05, 0) is 70.8 Å². The Labute approximate surface area is 169 Å². The molecule has 7 nitrogen and oxygen atoms in total. The van der Waals surface area contributed by atoms with Crippen LogP contribution < -0.4 is 10.6 Å². The van der Waals surface area contributed by atoms with Crippen LogP contribution in [-0.2, 0) is 0 Å². The Balaban J connectivity index is 1.46. The number of aliphatic imine (C=N–C) groups is 1. The molecular formula is C21H37N5O2. The van der Waals surface area contributed by atoms with E-state index >= 15 is 0 Å². The normalized spacial score (nSPS) is 21.1. The van der Waals surface area contributed by atoms with Crippen molar-refractivity contribution in [2.45, 2.75) is 51.2 Å². The maximum atomic E-state index is 9.61. The number of aliphatic hydroxyl groups excluding tert-OH is 1. The van der Waals surface area contributed by atoms with Gasteiger partial charge in [-0.3, -0.25) is 9.89 Å². The van der Waals surface area contributed by atoms with Crippen LogP contribution in [0.1, 0.15) is 50.8 Å². The van der Waals surface area contributed by atoms with Crippen molar-refractivity contribution in [2.75, 3.05) is 52.4 Å². The van der Waals surface area contributed by atoms with E-state index in [0.717, 1.165) is 76.8 Å². The van der Waals surface area contributed by atoms with Crippen LogP contribution in [0.25, 0.3) is 0 Å². The molecule has 0 bridgehead atoms. The third kappa shape index (κ3) is 6.50. The Bertz CT molecular complexity index is 563. The van der Waals surface area contributed by atoms with Crippen molar-refractivity contribution in [1.29, 1.82) is 0 Å². The maximum Gasteiger partial charge on any atom is 0.191 e. The van der Waals surface area contributed by atoms with Crippen LogP contribution in [0, 0.1) is 0 Å². The zero-order valence-electron chi connectivity index (χ0n) is 17.3. The second-order valence-electron chi connectivity index (χ2n) is 7.85. The van der Waals surface area contributed by atoms with E-state index in [0.29, 0.717) is 6.54 Å². The summed E-state index contributed by atoms with van der Waals surface area (Å²) in [6.45, 7) is 9.89. The first-order valence-electron chi connectivity index (χ1n) is 11.0. The molecular weight excluding hydrogens is 354 g/mol. The molecule has 2 aliphatic rings. The van der Waals surface area contributed by atoms with Crippen LogP contribution in [-0.4, -0.2) is 79.3 Å². The topological polar surface area (TPSA) is 76.3 Å². The van der Waals surface area contributed by atoms with Crippen LogP contribution in [0.5, 0.6) is 0 Å². The number of nitrogens with one attached hydrogen (secondary N) is 2. The first-order valence-corrected chi connectivity index (χ1v) is 11.0. The smallest absolute Gasteiger partial charge is 0.191 e. The molecule has 2 fully saturated rings. The number of hydrogen-bond acceptors (Lipinski definition) is 5. The Hall–Kier alpha value is -1.57. The van der Waals surface area contributed by atoms with Crippen molar-refractivity contribution in [2.24, 2.45) is 4.99 Å². The quantitative estimate of drug-likeness (QED) is 0.339. The van der Waals surface area contributed by atoms with Crippen LogP contribution in [0.3, 0.4) is 0 Å². The largest absolute Gasteiger partial charge is 0.468 e. The minimum Gasteiger partial charge on any atom is -0.468 e. The van der Waals surface area contributed by atoms with Gasteiger partial charge >= 0.3 is 0 Å². The van der Waals surface area contributed by atoms with Gasteiger partial charge in [0.15, 0.2) is 5.96 Å². The lowest BCUT2D eigenvalue weighted by Crippen LogP contribution is -2.41. The molecule has 0 spiro atoms. The average Bonchev–Trinajstić information content (AvgIpc) is 3.41. The molecule has 1 aromatic rings. The van der Waals surface area contributed by atoms with E-state index in [4.69, 9.17) is 9.41 Å². The van der Waals surface area contributed by atoms with Crippen molar-refractivity contribution in [3.05, 3.63) is 24.2 Å². The van der Waals surface area contributed by atoms with Crippen molar-refractivity contribution >= 4 is 5.96 Å². The monoisotopic (exact) mass is 391 g/mol. The Morgan fingerprint density at radius 3 is 2.71 bits per heavy atom. The minimum absolute atomic E-state index is 0.0976. The molecule has 3 rings (SSSR count). The van der Waals surface area contributed by atoms with Gasteiger partial charge in [-0.2, -0.15) is 0 Å². The fourth-order valence-corrected chi connectivity index (χ4v) is 4.09.